The van der Waals surface area contributed by atoms with Crippen LogP contribution < -0.4 is 10.2 Å². The van der Waals surface area contributed by atoms with Gasteiger partial charge >= 0.3 is 0 Å². The van der Waals surface area contributed by atoms with Gasteiger partial charge in [0.05, 0.1) is 17.1 Å². The van der Waals surface area contributed by atoms with Gasteiger partial charge in [0.2, 0.25) is 5.95 Å². The topological polar surface area (TPSA) is 71.2 Å². The molecular formula is C21H22ClN7. The number of benzene rings is 1. The number of pyridine rings is 1. The molecule has 148 valence electrons. The zero-order valence-electron chi connectivity index (χ0n) is 16.2. The van der Waals surface area contributed by atoms with E-state index in [0.29, 0.717) is 5.02 Å². The number of aromatic nitrogens is 4. The lowest BCUT2D eigenvalue weighted by Gasteiger charge is -2.28. The van der Waals surface area contributed by atoms with Crippen molar-refractivity contribution in [2.45, 2.75) is 19.4 Å². The maximum absolute atomic E-state index is 6.41. The smallest absolute Gasteiger partial charge is 0.232 e. The van der Waals surface area contributed by atoms with Crippen molar-refractivity contribution in [2.75, 3.05) is 31.1 Å². The molecular weight excluding hydrogens is 386 g/mol. The fraction of sp³-hybridized carbons (Fsp3) is 0.333. The number of nitrogens with zero attached hydrogens (tertiary/aromatic N) is 6. The van der Waals surface area contributed by atoms with Crippen LogP contribution in [0, 0.1) is 0 Å². The number of fused-ring (bicyclic) bond motifs is 3. The second-order valence-electron chi connectivity index (χ2n) is 7.21. The molecule has 0 saturated carbocycles. The van der Waals surface area contributed by atoms with E-state index in [1.54, 1.807) is 6.20 Å². The summed E-state index contributed by atoms with van der Waals surface area (Å²) < 4.78 is 2.16. The minimum atomic E-state index is -0.109. The summed E-state index contributed by atoms with van der Waals surface area (Å²) in [5.74, 6) is 1.72. The summed E-state index contributed by atoms with van der Waals surface area (Å²) in [5, 5.41) is 13.2. The highest BCUT2D eigenvalue weighted by Crippen LogP contribution is 2.35. The third-order valence-electron chi connectivity index (χ3n) is 5.40. The Morgan fingerprint density at radius 3 is 2.76 bits per heavy atom. The van der Waals surface area contributed by atoms with Crippen LogP contribution in [0.5, 0.6) is 0 Å². The predicted octanol–water partition coefficient (Wildman–Crippen LogP) is 3.03. The zero-order chi connectivity index (χ0) is 19.8. The second-order valence-corrected chi connectivity index (χ2v) is 7.65. The van der Waals surface area contributed by atoms with Crippen molar-refractivity contribution < 1.29 is 0 Å². The second kappa shape index (κ2) is 7.57. The van der Waals surface area contributed by atoms with E-state index in [0.717, 1.165) is 67.0 Å². The number of hydrogen-bond donors (Lipinski definition) is 1. The summed E-state index contributed by atoms with van der Waals surface area (Å²) in [6.45, 7) is 5.78. The van der Waals surface area contributed by atoms with E-state index in [4.69, 9.17) is 16.6 Å². The van der Waals surface area contributed by atoms with Crippen LogP contribution in [0.25, 0.3) is 5.69 Å². The molecule has 8 heteroatoms. The molecule has 0 radical (unpaired) electrons. The highest BCUT2D eigenvalue weighted by Gasteiger charge is 2.30. The normalized spacial score (nSPS) is 18.6. The highest BCUT2D eigenvalue weighted by molar-refractivity contribution is 6.31. The number of hydrogen-bond acceptors (Lipinski definition) is 6. The van der Waals surface area contributed by atoms with E-state index in [1.165, 1.54) is 0 Å². The lowest BCUT2D eigenvalue weighted by molar-refractivity contribution is 0.574. The van der Waals surface area contributed by atoms with Crippen molar-refractivity contribution in [2.24, 2.45) is 4.99 Å². The van der Waals surface area contributed by atoms with Gasteiger partial charge in [-0.2, -0.15) is 0 Å². The van der Waals surface area contributed by atoms with Gasteiger partial charge in [-0.15, -0.1) is 10.2 Å². The largest absolute Gasteiger partial charge is 0.338 e. The Balaban J connectivity index is 1.75. The van der Waals surface area contributed by atoms with Crippen molar-refractivity contribution >= 4 is 23.3 Å². The van der Waals surface area contributed by atoms with E-state index in [9.17, 15) is 0 Å². The zero-order valence-corrected chi connectivity index (χ0v) is 17.0. The summed E-state index contributed by atoms with van der Waals surface area (Å²) in [7, 11) is 0. The molecule has 2 aliphatic rings. The Morgan fingerprint density at radius 1 is 1.14 bits per heavy atom. The molecule has 1 fully saturated rings. The van der Waals surface area contributed by atoms with Crippen LogP contribution in [0.2, 0.25) is 5.02 Å². The number of piperazine rings is 1. The van der Waals surface area contributed by atoms with Crippen LogP contribution in [-0.4, -0.2) is 51.6 Å². The number of halogens is 1. The van der Waals surface area contributed by atoms with E-state index in [2.05, 4.69) is 36.9 Å². The average molecular weight is 408 g/mol. The molecule has 1 saturated heterocycles. The molecule has 0 spiro atoms. The maximum atomic E-state index is 6.41. The van der Waals surface area contributed by atoms with Crippen LogP contribution in [0.4, 0.5) is 5.95 Å². The predicted molar refractivity (Wildman–Crippen MR) is 114 cm³/mol. The summed E-state index contributed by atoms with van der Waals surface area (Å²) in [5.41, 5.74) is 3.61. The molecule has 0 bridgehead atoms. The Bertz CT molecular complexity index is 1050. The molecule has 4 heterocycles. The van der Waals surface area contributed by atoms with Gasteiger partial charge < -0.3 is 10.2 Å². The Labute approximate surface area is 174 Å². The van der Waals surface area contributed by atoms with Crippen LogP contribution in [0.15, 0.2) is 47.6 Å². The van der Waals surface area contributed by atoms with Crippen LogP contribution in [0.1, 0.15) is 36.5 Å². The minimum Gasteiger partial charge on any atom is -0.338 e. The van der Waals surface area contributed by atoms with E-state index in [-0.39, 0.29) is 6.04 Å². The lowest BCUT2D eigenvalue weighted by Crippen LogP contribution is -2.44. The summed E-state index contributed by atoms with van der Waals surface area (Å²) in [6, 6.07) is 11.7. The molecule has 1 unspecified atom stereocenters. The number of rotatable bonds is 3. The first kappa shape index (κ1) is 18.3. The average Bonchev–Trinajstić information content (AvgIpc) is 3.15. The molecule has 0 aliphatic carbocycles. The van der Waals surface area contributed by atoms with Crippen molar-refractivity contribution in [1.29, 1.82) is 0 Å². The Morgan fingerprint density at radius 2 is 2.00 bits per heavy atom. The summed E-state index contributed by atoms with van der Waals surface area (Å²) >= 11 is 6.41. The molecule has 7 nitrogen and oxygen atoms in total. The van der Waals surface area contributed by atoms with Crippen LogP contribution >= 0.6 is 11.6 Å². The standard InChI is InChI=1S/C21H22ClN7/c1-2-16-20-26-27-21(28-11-9-23-10-12-28)29(20)18-7-6-14(22)13-15(18)19(25-16)17-5-3-4-8-24-17/h3-8,13,16,23H,2,9-12H2,1H3. The first-order chi connectivity index (χ1) is 14.3. The van der Waals surface area contributed by atoms with Gasteiger partial charge in [0.1, 0.15) is 6.04 Å². The van der Waals surface area contributed by atoms with Gasteiger partial charge in [0, 0.05) is 43.0 Å². The monoisotopic (exact) mass is 407 g/mol. The van der Waals surface area contributed by atoms with Gasteiger partial charge in [0.15, 0.2) is 5.82 Å². The SMILES string of the molecule is CCC1N=C(c2ccccn2)c2cc(Cl)ccc2-n2c1nnc2N1CCNCC1. The highest BCUT2D eigenvalue weighted by atomic mass is 35.5. The Kier molecular flexibility index (Phi) is 4.77. The molecule has 3 aromatic rings. The molecule has 5 rings (SSSR count). The maximum Gasteiger partial charge on any atom is 0.232 e. The lowest BCUT2D eigenvalue weighted by atomic mass is 10.0. The van der Waals surface area contributed by atoms with E-state index < -0.39 is 0 Å². The third-order valence-corrected chi connectivity index (χ3v) is 5.64. The fourth-order valence-corrected chi connectivity index (χ4v) is 4.13. The first-order valence-electron chi connectivity index (χ1n) is 9.96. The summed E-state index contributed by atoms with van der Waals surface area (Å²) in [6.07, 6.45) is 2.61. The molecule has 2 aliphatic heterocycles. The van der Waals surface area contributed by atoms with Crippen LogP contribution in [0.3, 0.4) is 0 Å². The van der Waals surface area contributed by atoms with Crippen molar-refractivity contribution in [3.05, 3.63) is 64.7 Å². The Hall–Kier alpha value is -2.77. The van der Waals surface area contributed by atoms with E-state index in [1.807, 2.05) is 36.4 Å². The molecule has 0 amide bonds. The minimum absolute atomic E-state index is 0.109. The number of nitrogens with one attached hydrogen (secondary N) is 1. The number of anilines is 1. The van der Waals surface area contributed by atoms with Crippen LogP contribution in [-0.2, 0) is 0 Å². The molecule has 1 atom stereocenters. The molecule has 1 aromatic carbocycles. The van der Waals surface area contributed by atoms with E-state index >= 15 is 0 Å². The van der Waals surface area contributed by atoms with Crippen molar-refractivity contribution in [3.8, 4) is 5.69 Å². The van der Waals surface area contributed by atoms with Gasteiger partial charge in [0.25, 0.3) is 0 Å². The van der Waals surface area contributed by atoms with Crippen molar-refractivity contribution in [3.63, 3.8) is 0 Å². The molecule has 2 aromatic heterocycles. The third kappa shape index (κ3) is 3.20. The van der Waals surface area contributed by atoms with Crippen molar-refractivity contribution in [1.82, 2.24) is 25.1 Å². The summed E-state index contributed by atoms with van der Waals surface area (Å²) in [4.78, 5) is 11.9. The number of aliphatic imine (C=N–C) groups is 1. The molecule has 1 N–H and O–H groups in total. The molecule has 29 heavy (non-hydrogen) atoms. The van der Waals surface area contributed by atoms with Gasteiger partial charge in [-0.25, -0.2) is 0 Å². The van der Waals surface area contributed by atoms with Gasteiger partial charge in [-0.05, 0) is 36.8 Å². The first-order valence-corrected chi connectivity index (χ1v) is 10.3. The van der Waals surface area contributed by atoms with Gasteiger partial charge in [-0.3, -0.25) is 14.5 Å². The van der Waals surface area contributed by atoms with Gasteiger partial charge in [-0.1, -0.05) is 24.6 Å². The fourth-order valence-electron chi connectivity index (χ4n) is 3.96. The quantitative estimate of drug-likeness (QED) is 0.722.